The number of hydrogen-bond acceptors (Lipinski definition) is 6. The van der Waals surface area contributed by atoms with Crippen molar-refractivity contribution in [1.82, 2.24) is 25.3 Å². The highest BCUT2D eigenvalue weighted by atomic mass is 16.2. The van der Waals surface area contributed by atoms with E-state index >= 15 is 0 Å². The van der Waals surface area contributed by atoms with Crippen LogP contribution < -0.4 is 10.6 Å². The molecule has 1 aromatic rings. The third-order valence-corrected chi connectivity index (χ3v) is 8.00. The normalized spacial score (nSPS) is 25.0. The van der Waals surface area contributed by atoms with Gasteiger partial charge in [0.15, 0.2) is 0 Å². The van der Waals surface area contributed by atoms with Crippen molar-refractivity contribution in [3.63, 3.8) is 0 Å². The second-order valence-corrected chi connectivity index (χ2v) is 10.3. The molecule has 5 rings (SSSR count). The van der Waals surface area contributed by atoms with Crippen LogP contribution in [0.2, 0.25) is 0 Å². The summed E-state index contributed by atoms with van der Waals surface area (Å²) in [6.45, 7) is 9.41. The number of imide groups is 1. The average Bonchev–Trinajstić information content (AvgIpc) is 3.16. The van der Waals surface area contributed by atoms with Gasteiger partial charge in [0.2, 0.25) is 11.8 Å². The molecular weight excluding hydrogens is 430 g/mol. The lowest BCUT2D eigenvalue weighted by molar-refractivity contribution is -0.136. The lowest BCUT2D eigenvalue weighted by Crippen LogP contribution is -2.52. The minimum Gasteiger partial charge on any atom is -0.322 e. The molecule has 3 fully saturated rings. The van der Waals surface area contributed by atoms with E-state index in [0.717, 1.165) is 49.8 Å². The van der Waals surface area contributed by atoms with Gasteiger partial charge < -0.3 is 15.1 Å². The number of benzene rings is 1. The van der Waals surface area contributed by atoms with Crippen LogP contribution in [-0.4, -0.2) is 84.3 Å². The van der Waals surface area contributed by atoms with Crippen LogP contribution in [0.5, 0.6) is 0 Å². The number of nitrogens with one attached hydrogen (secondary N) is 2. The predicted octanol–water partition coefficient (Wildman–Crippen LogP) is 1.35. The van der Waals surface area contributed by atoms with E-state index < -0.39 is 6.04 Å². The van der Waals surface area contributed by atoms with Crippen LogP contribution in [0.3, 0.4) is 0 Å². The first kappa shape index (κ1) is 23.5. The van der Waals surface area contributed by atoms with Crippen LogP contribution in [0, 0.1) is 5.92 Å². The van der Waals surface area contributed by atoms with Crippen molar-refractivity contribution in [2.24, 2.45) is 5.92 Å². The summed E-state index contributed by atoms with van der Waals surface area (Å²) in [5, 5.41) is 5.79. The number of hydrogen-bond donors (Lipinski definition) is 2. The number of carbonyl (C=O) groups excluding carboxylic acids is 3. The number of rotatable bonds is 7. The summed E-state index contributed by atoms with van der Waals surface area (Å²) in [4.78, 5) is 43.5. The molecule has 1 aromatic carbocycles. The fourth-order valence-electron chi connectivity index (χ4n) is 5.93. The molecule has 0 bridgehead atoms. The van der Waals surface area contributed by atoms with Crippen LogP contribution in [0.25, 0.3) is 0 Å². The molecule has 0 radical (unpaired) electrons. The zero-order valence-corrected chi connectivity index (χ0v) is 20.1. The van der Waals surface area contributed by atoms with Crippen molar-refractivity contribution >= 4 is 17.7 Å². The Hall–Kier alpha value is -2.29. The molecule has 8 nitrogen and oxygen atoms in total. The van der Waals surface area contributed by atoms with E-state index in [2.05, 4.69) is 26.5 Å². The maximum absolute atomic E-state index is 13.1. The van der Waals surface area contributed by atoms with Crippen LogP contribution in [0.4, 0.5) is 0 Å². The first-order valence-corrected chi connectivity index (χ1v) is 13.0. The standard InChI is InChI=1S/C26H37N5O3/c32-24-6-5-23(25(33)28-24)31-18-21-4-3-20(16-22(21)26(31)34)17-30-12-7-19(8-13-30)2-1-11-29-14-9-27-10-15-29/h3-4,16,19,23,27H,1-2,5-15,17-18H2,(H,28,32,33). The Bertz CT molecular complexity index is 921. The SMILES string of the molecule is O=C1CCC(N2Cc3ccc(CN4CCC(CCCN5CCNCC5)CC4)cc3C2=O)C(=O)N1. The second-order valence-electron chi connectivity index (χ2n) is 10.3. The number of piperidine rings is 2. The molecule has 184 valence electrons. The largest absolute Gasteiger partial charge is 0.322 e. The summed E-state index contributed by atoms with van der Waals surface area (Å²) in [6.07, 6.45) is 5.85. The van der Waals surface area contributed by atoms with Gasteiger partial charge in [-0.2, -0.15) is 0 Å². The van der Waals surface area contributed by atoms with Gasteiger partial charge in [-0.25, -0.2) is 0 Å². The van der Waals surface area contributed by atoms with Crippen molar-refractivity contribution in [2.75, 3.05) is 45.8 Å². The molecule has 4 aliphatic heterocycles. The zero-order chi connectivity index (χ0) is 23.5. The Balaban J connectivity index is 1.09. The number of carbonyl (C=O) groups is 3. The molecule has 0 saturated carbocycles. The number of fused-ring (bicyclic) bond motifs is 1. The highest BCUT2D eigenvalue weighted by Gasteiger charge is 2.39. The molecule has 0 aromatic heterocycles. The maximum atomic E-state index is 13.1. The van der Waals surface area contributed by atoms with Crippen LogP contribution in [-0.2, 0) is 22.7 Å². The molecule has 1 atom stereocenters. The van der Waals surface area contributed by atoms with Gasteiger partial charge in [0, 0.05) is 51.3 Å². The van der Waals surface area contributed by atoms with E-state index in [4.69, 9.17) is 0 Å². The van der Waals surface area contributed by atoms with Crippen LogP contribution in [0.1, 0.15) is 60.0 Å². The van der Waals surface area contributed by atoms with E-state index in [9.17, 15) is 14.4 Å². The summed E-state index contributed by atoms with van der Waals surface area (Å²) in [7, 11) is 0. The quantitative estimate of drug-likeness (QED) is 0.589. The van der Waals surface area contributed by atoms with Crippen LogP contribution >= 0.6 is 0 Å². The molecule has 34 heavy (non-hydrogen) atoms. The van der Waals surface area contributed by atoms with Crippen LogP contribution in [0.15, 0.2) is 18.2 Å². The summed E-state index contributed by atoms with van der Waals surface area (Å²) in [5.41, 5.74) is 2.85. The van der Waals surface area contributed by atoms with Gasteiger partial charge in [0.1, 0.15) is 6.04 Å². The Morgan fingerprint density at radius 3 is 2.50 bits per heavy atom. The number of nitrogens with zero attached hydrogens (tertiary/aromatic N) is 3. The summed E-state index contributed by atoms with van der Waals surface area (Å²) in [5.74, 6) is 0.141. The van der Waals surface area contributed by atoms with Crippen molar-refractivity contribution in [1.29, 1.82) is 0 Å². The molecule has 3 saturated heterocycles. The van der Waals surface area contributed by atoms with Crippen molar-refractivity contribution < 1.29 is 14.4 Å². The molecular formula is C26H37N5O3. The monoisotopic (exact) mass is 467 g/mol. The molecule has 4 heterocycles. The van der Waals surface area contributed by atoms with Gasteiger partial charge in [-0.1, -0.05) is 12.1 Å². The molecule has 4 aliphatic rings. The van der Waals surface area contributed by atoms with Gasteiger partial charge in [0.05, 0.1) is 0 Å². The van der Waals surface area contributed by atoms with E-state index in [0.29, 0.717) is 18.5 Å². The molecule has 3 amide bonds. The van der Waals surface area contributed by atoms with E-state index in [-0.39, 0.29) is 24.1 Å². The Morgan fingerprint density at radius 2 is 1.74 bits per heavy atom. The van der Waals surface area contributed by atoms with Gasteiger partial charge in [-0.05, 0) is 74.8 Å². The smallest absolute Gasteiger partial charge is 0.255 e. The number of likely N-dealkylation sites (tertiary alicyclic amines) is 1. The lowest BCUT2D eigenvalue weighted by atomic mass is 9.91. The third-order valence-electron chi connectivity index (χ3n) is 8.00. The summed E-state index contributed by atoms with van der Waals surface area (Å²) in [6, 6.07) is 5.63. The minimum absolute atomic E-state index is 0.0884. The fraction of sp³-hybridized carbons (Fsp3) is 0.654. The Morgan fingerprint density at radius 1 is 0.941 bits per heavy atom. The van der Waals surface area contributed by atoms with Gasteiger partial charge in [-0.15, -0.1) is 0 Å². The second kappa shape index (κ2) is 10.5. The van der Waals surface area contributed by atoms with E-state index in [1.54, 1.807) is 4.90 Å². The lowest BCUT2D eigenvalue weighted by Gasteiger charge is -2.33. The van der Waals surface area contributed by atoms with Gasteiger partial charge in [-0.3, -0.25) is 24.6 Å². The average molecular weight is 468 g/mol. The minimum atomic E-state index is -0.549. The molecule has 2 N–H and O–H groups in total. The molecule has 0 aliphatic carbocycles. The van der Waals surface area contributed by atoms with Crippen molar-refractivity contribution in [2.45, 2.75) is 57.7 Å². The summed E-state index contributed by atoms with van der Waals surface area (Å²) >= 11 is 0. The highest BCUT2D eigenvalue weighted by molar-refractivity contribution is 6.05. The van der Waals surface area contributed by atoms with Crippen molar-refractivity contribution in [3.05, 3.63) is 34.9 Å². The maximum Gasteiger partial charge on any atom is 0.255 e. The Labute approximate surface area is 202 Å². The number of piperazine rings is 1. The topological polar surface area (TPSA) is 85.0 Å². The van der Waals surface area contributed by atoms with E-state index in [1.165, 1.54) is 45.3 Å². The summed E-state index contributed by atoms with van der Waals surface area (Å²) < 4.78 is 0. The number of amides is 3. The molecule has 0 spiro atoms. The Kier molecular flexibility index (Phi) is 7.27. The highest BCUT2D eigenvalue weighted by Crippen LogP contribution is 2.29. The molecule has 8 heteroatoms. The van der Waals surface area contributed by atoms with E-state index in [1.807, 2.05) is 12.1 Å². The van der Waals surface area contributed by atoms with Gasteiger partial charge in [0.25, 0.3) is 5.91 Å². The van der Waals surface area contributed by atoms with Gasteiger partial charge >= 0.3 is 0 Å². The third kappa shape index (κ3) is 5.34. The first-order valence-electron chi connectivity index (χ1n) is 13.0. The zero-order valence-electron chi connectivity index (χ0n) is 20.1. The van der Waals surface area contributed by atoms with Crippen molar-refractivity contribution in [3.8, 4) is 0 Å². The molecule has 1 unspecified atom stereocenters. The first-order chi connectivity index (χ1) is 16.6. The fourth-order valence-corrected chi connectivity index (χ4v) is 5.93. The predicted molar refractivity (Wildman–Crippen MR) is 129 cm³/mol.